The van der Waals surface area contributed by atoms with Gasteiger partial charge in [0.2, 0.25) is 5.91 Å². The van der Waals surface area contributed by atoms with Gasteiger partial charge in [0.1, 0.15) is 11.3 Å². The minimum absolute atomic E-state index is 0.100. The predicted octanol–water partition coefficient (Wildman–Crippen LogP) is 3.42. The maximum atomic E-state index is 11.8. The molecule has 0 fully saturated rings. The number of ketones is 1. The van der Waals surface area contributed by atoms with Crippen LogP contribution >= 0.6 is 11.3 Å². The molecule has 0 amide bonds. The summed E-state index contributed by atoms with van der Waals surface area (Å²) in [5.41, 5.74) is 8.72. The van der Waals surface area contributed by atoms with Crippen LogP contribution in [-0.4, -0.2) is 28.8 Å². The fourth-order valence-electron chi connectivity index (χ4n) is 2.67. The van der Waals surface area contributed by atoms with Gasteiger partial charge in [-0.05, 0) is 49.1 Å². The minimum atomic E-state index is -0.481. The van der Waals surface area contributed by atoms with Crippen molar-refractivity contribution in [2.75, 3.05) is 12.3 Å². The lowest BCUT2D eigenvalue weighted by molar-refractivity contribution is -0.142. The molecule has 7 heteroatoms. The molecule has 0 spiro atoms. The van der Waals surface area contributed by atoms with E-state index in [1.54, 1.807) is 13.1 Å². The van der Waals surface area contributed by atoms with Crippen LogP contribution in [0.5, 0.6) is 0 Å². The number of fused-ring (bicyclic) bond motifs is 3. The number of carbonyl (C=O) groups is 3. The smallest absolute Gasteiger partial charge is 0.315 e. The molecule has 2 aliphatic carbocycles. The highest BCUT2D eigenvalue weighted by Gasteiger charge is 2.24. The first-order valence-corrected chi connectivity index (χ1v) is 8.98. The summed E-state index contributed by atoms with van der Waals surface area (Å²) in [4.78, 5) is 34.8. The van der Waals surface area contributed by atoms with Crippen molar-refractivity contribution < 1.29 is 19.1 Å². The Hall–Kier alpha value is -2.93. The first kappa shape index (κ1) is 17.9. The molecule has 2 bridgehead atoms. The first-order chi connectivity index (χ1) is 12.4. The van der Waals surface area contributed by atoms with Gasteiger partial charge >= 0.3 is 5.97 Å². The van der Waals surface area contributed by atoms with E-state index in [2.05, 4.69) is 0 Å². The van der Waals surface area contributed by atoms with Crippen LogP contribution < -0.4 is 5.73 Å². The number of rotatable bonds is 3. The molecular formula is C19H18N2O4S. The monoisotopic (exact) mass is 370 g/mol. The molecule has 2 aliphatic rings. The standard InChI is InChI=1S/C11H11NO3S.C8H7NO/c1-2-15-10(14)7-9(13)12-5-3-8-4-6-16-11(8)12;1-4-2-5-3-6(7(4)9)8(5)10/h3-6H,2,7H2,1H3;2-3H,9H2,1H3. The van der Waals surface area contributed by atoms with Crippen LogP contribution in [0.4, 0.5) is 5.69 Å². The molecule has 2 N–H and O–H groups in total. The summed E-state index contributed by atoms with van der Waals surface area (Å²) in [7, 11) is 0. The van der Waals surface area contributed by atoms with E-state index >= 15 is 0 Å². The van der Waals surface area contributed by atoms with E-state index in [9.17, 15) is 14.4 Å². The molecule has 134 valence electrons. The number of benzene rings is 1. The zero-order valence-corrected chi connectivity index (χ0v) is 15.3. The Morgan fingerprint density at radius 2 is 2.04 bits per heavy atom. The van der Waals surface area contributed by atoms with E-state index in [4.69, 9.17) is 10.5 Å². The third kappa shape index (κ3) is 3.25. The molecular weight excluding hydrogens is 352 g/mol. The summed E-state index contributed by atoms with van der Waals surface area (Å²) in [6.45, 7) is 3.93. The number of aryl methyl sites for hydroxylation is 1. The van der Waals surface area contributed by atoms with Crippen molar-refractivity contribution in [3.63, 3.8) is 0 Å². The zero-order chi connectivity index (χ0) is 18.8. The number of nitrogen functional groups attached to an aromatic ring is 1. The largest absolute Gasteiger partial charge is 0.466 e. The number of aromatic nitrogens is 1. The number of hydrogen-bond acceptors (Lipinski definition) is 6. The highest BCUT2D eigenvalue weighted by atomic mass is 32.1. The summed E-state index contributed by atoms with van der Waals surface area (Å²) in [5.74, 6) is -0.634. The van der Waals surface area contributed by atoms with Gasteiger partial charge in [-0.2, -0.15) is 0 Å². The summed E-state index contributed by atoms with van der Waals surface area (Å²) >= 11 is 1.48. The number of anilines is 1. The van der Waals surface area contributed by atoms with E-state index in [1.807, 2.05) is 36.6 Å². The zero-order valence-electron chi connectivity index (χ0n) is 14.4. The van der Waals surface area contributed by atoms with Gasteiger partial charge in [0.25, 0.3) is 0 Å². The lowest BCUT2D eigenvalue weighted by Crippen LogP contribution is -2.16. The number of nitrogens with two attached hydrogens (primary N) is 1. The fourth-order valence-corrected chi connectivity index (χ4v) is 3.56. The second-order valence-corrected chi connectivity index (χ2v) is 6.72. The molecule has 0 saturated carbocycles. The SMILES string of the molecule is CCOC(=O)CC(=O)n1ccc2ccsc21.Cc1cc2cc(c1N)C2=O. The lowest BCUT2D eigenvalue weighted by Gasteiger charge is -2.17. The Kier molecular flexibility index (Phi) is 4.90. The van der Waals surface area contributed by atoms with Crippen molar-refractivity contribution >= 4 is 44.9 Å². The van der Waals surface area contributed by atoms with E-state index in [-0.39, 0.29) is 18.1 Å². The molecule has 26 heavy (non-hydrogen) atoms. The Morgan fingerprint density at radius 3 is 2.65 bits per heavy atom. The van der Waals surface area contributed by atoms with Crippen LogP contribution in [0.2, 0.25) is 0 Å². The summed E-state index contributed by atoms with van der Waals surface area (Å²) < 4.78 is 6.23. The van der Waals surface area contributed by atoms with Crippen molar-refractivity contribution in [2.24, 2.45) is 0 Å². The Balaban J connectivity index is 0.000000167. The summed E-state index contributed by atoms with van der Waals surface area (Å²) in [6, 6.07) is 7.44. The third-order valence-electron chi connectivity index (χ3n) is 4.06. The van der Waals surface area contributed by atoms with Gasteiger partial charge in [-0.15, -0.1) is 11.3 Å². The molecule has 0 saturated heterocycles. The molecule has 0 aliphatic heterocycles. The fraction of sp³-hybridized carbons (Fsp3) is 0.211. The van der Waals surface area contributed by atoms with Crippen molar-refractivity contribution in [1.82, 2.24) is 4.57 Å². The van der Waals surface area contributed by atoms with Crippen molar-refractivity contribution in [3.05, 3.63) is 52.5 Å². The number of nitrogens with zero attached hydrogens (tertiary/aromatic N) is 1. The summed E-state index contributed by atoms with van der Waals surface area (Å²) in [5, 5.41) is 2.93. The minimum Gasteiger partial charge on any atom is -0.466 e. The normalized spacial score (nSPS) is 11.5. The second-order valence-electron chi connectivity index (χ2n) is 5.83. The van der Waals surface area contributed by atoms with Crippen LogP contribution in [0.1, 0.15) is 39.6 Å². The number of thiophene rings is 1. The molecule has 1 aromatic carbocycles. The van der Waals surface area contributed by atoms with Gasteiger partial charge in [0, 0.05) is 28.4 Å². The number of ether oxygens (including phenoxy) is 1. The third-order valence-corrected chi connectivity index (χ3v) is 4.99. The van der Waals surface area contributed by atoms with Crippen LogP contribution in [-0.2, 0) is 9.53 Å². The van der Waals surface area contributed by atoms with Gasteiger partial charge in [-0.3, -0.25) is 19.0 Å². The molecule has 0 radical (unpaired) electrons. The molecule has 6 nitrogen and oxygen atoms in total. The van der Waals surface area contributed by atoms with Crippen LogP contribution in [0.25, 0.3) is 10.2 Å². The molecule has 0 atom stereocenters. The van der Waals surface area contributed by atoms with Gasteiger partial charge < -0.3 is 10.5 Å². The number of carbonyl (C=O) groups excluding carboxylic acids is 3. The van der Waals surface area contributed by atoms with E-state index in [0.717, 1.165) is 21.3 Å². The van der Waals surface area contributed by atoms with Crippen molar-refractivity contribution in [3.8, 4) is 0 Å². The van der Waals surface area contributed by atoms with Crippen molar-refractivity contribution in [1.29, 1.82) is 0 Å². The quantitative estimate of drug-likeness (QED) is 0.339. The second kappa shape index (κ2) is 7.13. The number of esters is 1. The topological polar surface area (TPSA) is 91.4 Å². The van der Waals surface area contributed by atoms with Crippen LogP contribution in [0.15, 0.2) is 35.8 Å². The van der Waals surface area contributed by atoms with Crippen molar-refractivity contribution in [2.45, 2.75) is 20.3 Å². The first-order valence-electron chi connectivity index (χ1n) is 8.10. The van der Waals surface area contributed by atoms with Crippen LogP contribution in [0.3, 0.4) is 0 Å². The highest BCUT2D eigenvalue weighted by Crippen LogP contribution is 2.30. The Morgan fingerprint density at radius 1 is 1.27 bits per heavy atom. The molecule has 0 unspecified atom stereocenters. The Labute approximate surface area is 154 Å². The average Bonchev–Trinajstić information content (AvgIpc) is 3.20. The maximum absolute atomic E-state index is 11.8. The van der Waals surface area contributed by atoms with Crippen LogP contribution in [0, 0.1) is 6.92 Å². The van der Waals surface area contributed by atoms with E-state index in [1.165, 1.54) is 15.9 Å². The van der Waals surface area contributed by atoms with Gasteiger partial charge in [0.15, 0.2) is 5.78 Å². The van der Waals surface area contributed by atoms with E-state index in [0.29, 0.717) is 17.9 Å². The molecule has 2 aromatic heterocycles. The summed E-state index contributed by atoms with van der Waals surface area (Å²) in [6.07, 6.45) is 1.47. The van der Waals surface area contributed by atoms with Gasteiger partial charge in [-0.1, -0.05) is 0 Å². The number of hydrogen-bond donors (Lipinski definition) is 1. The molecule has 3 aromatic rings. The average molecular weight is 370 g/mol. The van der Waals surface area contributed by atoms with E-state index < -0.39 is 5.97 Å². The predicted molar refractivity (Wildman–Crippen MR) is 101 cm³/mol. The molecule has 2 heterocycles. The lowest BCUT2D eigenvalue weighted by atomic mass is 9.87. The maximum Gasteiger partial charge on any atom is 0.315 e. The highest BCUT2D eigenvalue weighted by molar-refractivity contribution is 7.16. The van der Waals surface area contributed by atoms with Gasteiger partial charge in [0.05, 0.1) is 6.61 Å². The van der Waals surface area contributed by atoms with Gasteiger partial charge in [-0.25, -0.2) is 0 Å². The molecule has 5 rings (SSSR count). The Bertz CT molecular complexity index is 1020.